The maximum absolute atomic E-state index is 12.7. The van der Waals surface area contributed by atoms with Gasteiger partial charge < -0.3 is 15.5 Å². The number of hydrogen-bond acceptors (Lipinski definition) is 3. The first kappa shape index (κ1) is 20.0. The fourth-order valence-electron chi connectivity index (χ4n) is 4.40. The molecule has 0 unspecified atom stereocenters. The van der Waals surface area contributed by atoms with Crippen molar-refractivity contribution in [2.45, 2.75) is 51.0 Å². The summed E-state index contributed by atoms with van der Waals surface area (Å²) in [6.45, 7) is 1.49. The molecule has 2 aliphatic rings. The number of hydrogen-bond donors (Lipinski definition) is 2. The zero-order valence-electron chi connectivity index (χ0n) is 16.7. The van der Waals surface area contributed by atoms with E-state index in [-0.39, 0.29) is 18.0 Å². The fraction of sp³-hybridized carbons (Fsp3) is 0.478. The summed E-state index contributed by atoms with van der Waals surface area (Å²) in [5, 5.41) is 8.08. The molecule has 3 amide bonds. The topological polar surface area (TPSA) is 61.4 Å². The van der Waals surface area contributed by atoms with Gasteiger partial charge in [-0.1, -0.05) is 37.5 Å². The van der Waals surface area contributed by atoms with Crippen LogP contribution in [0.5, 0.6) is 0 Å². The lowest BCUT2D eigenvalue weighted by atomic mass is 9.87. The summed E-state index contributed by atoms with van der Waals surface area (Å²) in [4.78, 5) is 28.3. The van der Waals surface area contributed by atoms with Crippen LogP contribution in [-0.4, -0.2) is 36.0 Å². The van der Waals surface area contributed by atoms with Crippen LogP contribution in [0.15, 0.2) is 41.8 Å². The van der Waals surface area contributed by atoms with Crippen LogP contribution in [-0.2, 0) is 4.79 Å². The Kier molecular flexibility index (Phi) is 6.49. The molecule has 0 bridgehead atoms. The molecule has 154 valence electrons. The standard InChI is InChI=1S/C23H29N3O2S/c27-22(17-6-2-1-3-7-17)26-13-11-19(12-14-26)24-23(28)25-20-9-4-8-18(16-20)21-10-5-15-29-21/h4-5,8-10,15-17,19H,1-3,6-7,11-14H2,(H2,24,25,28). The van der Waals surface area contributed by atoms with E-state index in [1.54, 1.807) is 11.3 Å². The van der Waals surface area contributed by atoms with Gasteiger partial charge in [0.2, 0.25) is 5.91 Å². The highest BCUT2D eigenvalue weighted by Gasteiger charge is 2.29. The minimum Gasteiger partial charge on any atom is -0.342 e. The molecule has 1 aromatic carbocycles. The second kappa shape index (κ2) is 9.44. The van der Waals surface area contributed by atoms with E-state index in [1.807, 2.05) is 40.6 Å². The number of carbonyl (C=O) groups excluding carboxylic acids is 2. The van der Waals surface area contributed by atoms with E-state index in [1.165, 1.54) is 24.1 Å². The monoisotopic (exact) mass is 411 g/mol. The highest BCUT2D eigenvalue weighted by atomic mass is 32.1. The minimum atomic E-state index is -0.176. The zero-order chi connectivity index (χ0) is 20.1. The van der Waals surface area contributed by atoms with Gasteiger partial charge in [0.25, 0.3) is 0 Å². The fourth-order valence-corrected chi connectivity index (χ4v) is 5.12. The summed E-state index contributed by atoms with van der Waals surface area (Å²) >= 11 is 1.68. The molecule has 2 aromatic rings. The normalized spacial score (nSPS) is 18.4. The maximum atomic E-state index is 12.7. The van der Waals surface area contributed by atoms with E-state index in [9.17, 15) is 9.59 Å². The lowest BCUT2D eigenvalue weighted by molar-refractivity contribution is -0.137. The molecule has 0 atom stereocenters. The molecule has 1 aliphatic heterocycles. The number of likely N-dealkylation sites (tertiary alicyclic amines) is 1. The van der Waals surface area contributed by atoms with Crippen molar-refractivity contribution in [3.05, 3.63) is 41.8 Å². The first-order valence-electron chi connectivity index (χ1n) is 10.7. The van der Waals surface area contributed by atoms with Crippen LogP contribution >= 0.6 is 11.3 Å². The number of piperidine rings is 1. The molecular weight excluding hydrogens is 382 g/mol. The van der Waals surface area contributed by atoms with Gasteiger partial charge in [-0.2, -0.15) is 0 Å². The van der Waals surface area contributed by atoms with Crippen molar-refractivity contribution >= 4 is 29.0 Å². The van der Waals surface area contributed by atoms with E-state index in [0.29, 0.717) is 5.91 Å². The zero-order valence-corrected chi connectivity index (χ0v) is 17.5. The van der Waals surface area contributed by atoms with Gasteiger partial charge in [-0.05, 0) is 54.8 Å². The van der Waals surface area contributed by atoms with Crippen LogP contribution in [0.3, 0.4) is 0 Å². The predicted octanol–water partition coefficient (Wildman–Crippen LogP) is 5.11. The average Bonchev–Trinajstić information content (AvgIpc) is 3.30. The molecule has 2 N–H and O–H groups in total. The third kappa shape index (κ3) is 5.18. The van der Waals surface area contributed by atoms with E-state index in [2.05, 4.69) is 16.7 Å². The molecule has 0 radical (unpaired) electrons. The van der Waals surface area contributed by atoms with Crippen molar-refractivity contribution in [1.29, 1.82) is 0 Å². The van der Waals surface area contributed by atoms with Crippen molar-refractivity contribution in [2.75, 3.05) is 18.4 Å². The van der Waals surface area contributed by atoms with Gasteiger partial charge in [0.15, 0.2) is 0 Å². The van der Waals surface area contributed by atoms with E-state index in [4.69, 9.17) is 0 Å². The Labute approximate surface area is 176 Å². The molecular formula is C23H29N3O2S. The summed E-state index contributed by atoms with van der Waals surface area (Å²) in [7, 11) is 0. The van der Waals surface area contributed by atoms with Gasteiger partial charge in [0.1, 0.15) is 0 Å². The van der Waals surface area contributed by atoms with Crippen LogP contribution in [0.2, 0.25) is 0 Å². The quantitative estimate of drug-likeness (QED) is 0.735. The minimum absolute atomic E-state index is 0.117. The highest BCUT2D eigenvalue weighted by Crippen LogP contribution is 2.28. The third-order valence-electron chi connectivity index (χ3n) is 6.02. The van der Waals surface area contributed by atoms with Gasteiger partial charge in [0, 0.05) is 35.6 Å². The lowest BCUT2D eigenvalue weighted by Gasteiger charge is -2.35. The molecule has 5 nitrogen and oxygen atoms in total. The molecule has 4 rings (SSSR count). The molecule has 2 fully saturated rings. The smallest absolute Gasteiger partial charge is 0.319 e. The molecule has 29 heavy (non-hydrogen) atoms. The van der Waals surface area contributed by atoms with Crippen molar-refractivity contribution < 1.29 is 9.59 Å². The molecule has 2 heterocycles. The molecule has 1 aromatic heterocycles. The van der Waals surface area contributed by atoms with Gasteiger partial charge in [-0.15, -0.1) is 11.3 Å². The van der Waals surface area contributed by atoms with Crippen LogP contribution in [0.4, 0.5) is 10.5 Å². The van der Waals surface area contributed by atoms with Gasteiger partial charge in [-0.3, -0.25) is 4.79 Å². The second-order valence-corrected chi connectivity index (χ2v) is 9.04. The summed E-state index contributed by atoms with van der Waals surface area (Å²) < 4.78 is 0. The van der Waals surface area contributed by atoms with Crippen LogP contribution in [0.1, 0.15) is 44.9 Å². The summed E-state index contributed by atoms with van der Waals surface area (Å²) in [6.07, 6.45) is 7.36. The highest BCUT2D eigenvalue weighted by molar-refractivity contribution is 7.13. The van der Waals surface area contributed by atoms with Gasteiger partial charge in [0.05, 0.1) is 0 Å². The Morgan fingerprint density at radius 3 is 2.48 bits per heavy atom. The first-order chi connectivity index (χ1) is 14.2. The van der Waals surface area contributed by atoms with Crippen LogP contribution < -0.4 is 10.6 Å². The average molecular weight is 412 g/mol. The number of carbonyl (C=O) groups is 2. The van der Waals surface area contributed by atoms with E-state index < -0.39 is 0 Å². The number of benzene rings is 1. The second-order valence-electron chi connectivity index (χ2n) is 8.09. The van der Waals surface area contributed by atoms with E-state index in [0.717, 1.165) is 50.0 Å². The van der Waals surface area contributed by atoms with Crippen LogP contribution in [0, 0.1) is 5.92 Å². The van der Waals surface area contributed by atoms with Crippen molar-refractivity contribution in [2.24, 2.45) is 5.92 Å². The number of nitrogens with one attached hydrogen (secondary N) is 2. The number of urea groups is 1. The molecule has 1 aliphatic carbocycles. The van der Waals surface area contributed by atoms with Crippen molar-refractivity contribution in [1.82, 2.24) is 10.2 Å². The Hall–Kier alpha value is -2.34. The molecule has 1 saturated heterocycles. The summed E-state index contributed by atoms with van der Waals surface area (Å²) in [6, 6.07) is 12.0. The third-order valence-corrected chi connectivity index (χ3v) is 6.94. The number of anilines is 1. The maximum Gasteiger partial charge on any atom is 0.319 e. The predicted molar refractivity (Wildman–Crippen MR) is 118 cm³/mol. The SMILES string of the molecule is O=C(Nc1cccc(-c2cccs2)c1)NC1CCN(C(=O)C2CCCCC2)CC1. The number of thiophene rings is 1. The van der Waals surface area contributed by atoms with E-state index >= 15 is 0 Å². The lowest BCUT2D eigenvalue weighted by Crippen LogP contribution is -2.49. The number of rotatable bonds is 4. The number of amides is 3. The summed E-state index contributed by atoms with van der Waals surface area (Å²) in [5.41, 5.74) is 1.89. The van der Waals surface area contributed by atoms with Crippen molar-refractivity contribution in [3.8, 4) is 10.4 Å². The summed E-state index contributed by atoms with van der Waals surface area (Å²) in [5.74, 6) is 0.560. The molecule has 0 spiro atoms. The Morgan fingerprint density at radius 2 is 1.76 bits per heavy atom. The Bertz CT molecular complexity index is 822. The Morgan fingerprint density at radius 1 is 0.966 bits per heavy atom. The first-order valence-corrected chi connectivity index (χ1v) is 11.6. The number of nitrogens with zero attached hydrogens (tertiary/aromatic N) is 1. The molecule has 6 heteroatoms. The Balaban J connectivity index is 1.25. The van der Waals surface area contributed by atoms with Gasteiger partial charge in [-0.25, -0.2) is 4.79 Å². The largest absolute Gasteiger partial charge is 0.342 e. The van der Waals surface area contributed by atoms with Crippen molar-refractivity contribution in [3.63, 3.8) is 0 Å². The van der Waals surface area contributed by atoms with Crippen LogP contribution in [0.25, 0.3) is 10.4 Å². The molecule has 1 saturated carbocycles. The van der Waals surface area contributed by atoms with Gasteiger partial charge >= 0.3 is 6.03 Å².